The molecule has 144 valence electrons. The summed E-state index contributed by atoms with van der Waals surface area (Å²) in [7, 11) is 0. The number of ether oxygens (including phenoxy) is 1. The first-order valence-corrected chi connectivity index (χ1v) is 9.83. The van der Waals surface area contributed by atoms with Gasteiger partial charge < -0.3 is 15.0 Å². The van der Waals surface area contributed by atoms with Crippen molar-refractivity contribution >= 4 is 56.0 Å². The number of amides is 1. The summed E-state index contributed by atoms with van der Waals surface area (Å²) < 4.78 is 6.29. The Kier molecular flexibility index (Phi) is 5.17. The van der Waals surface area contributed by atoms with Crippen LogP contribution in [0.15, 0.2) is 42.5 Å². The van der Waals surface area contributed by atoms with E-state index in [-0.39, 0.29) is 11.6 Å². The maximum absolute atomic E-state index is 12.9. The lowest BCUT2D eigenvalue weighted by atomic mass is 10.2. The Morgan fingerprint density at radius 3 is 2.68 bits per heavy atom. The molecule has 0 atom stereocenters. The van der Waals surface area contributed by atoms with Crippen molar-refractivity contribution < 1.29 is 14.5 Å². The first-order chi connectivity index (χ1) is 13.5. The third kappa shape index (κ3) is 3.54. The summed E-state index contributed by atoms with van der Waals surface area (Å²) in [6, 6.07) is 12.0. The van der Waals surface area contributed by atoms with E-state index in [2.05, 4.69) is 5.32 Å². The Morgan fingerprint density at radius 1 is 1.21 bits per heavy atom. The van der Waals surface area contributed by atoms with Gasteiger partial charge in [0.25, 0.3) is 11.6 Å². The molecule has 1 amide bonds. The third-order valence-corrected chi connectivity index (χ3v) is 6.21. The van der Waals surface area contributed by atoms with Crippen LogP contribution >= 0.6 is 22.9 Å². The molecule has 9 heteroatoms. The van der Waals surface area contributed by atoms with E-state index < -0.39 is 4.92 Å². The second-order valence-electron chi connectivity index (χ2n) is 6.25. The normalized spacial score (nSPS) is 14.2. The van der Waals surface area contributed by atoms with Crippen molar-refractivity contribution in [2.75, 3.05) is 36.5 Å². The molecule has 0 radical (unpaired) electrons. The van der Waals surface area contributed by atoms with Crippen LogP contribution in [0.5, 0.6) is 0 Å². The third-order valence-electron chi connectivity index (χ3n) is 4.53. The van der Waals surface area contributed by atoms with Gasteiger partial charge in [0.15, 0.2) is 0 Å². The van der Waals surface area contributed by atoms with Gasteiger partial charge >= 0.3 is 0 Å². The number of fused-ring (bicyclic) bond motifs is 1. The summed E-state index contributed by atoms with van der Waals surface area (Å²) in [4.78, 5) is 26.0. The molecule has 0 saturated carbocycles. The first-order valence-electron chi connectivity index (χ1n) is 8.64. The van der Waals surface area contributed by atoms with Crippen LogP contribution in [-0.2, 0) is 4.74 Å². The number of non-ortho nitro benzene ring substituents is 1. The summed E-state index contributed by atoms with van der Waals surface area (Å²) in [5.74, 6) is -0.338. The minimum atomic E-state index is -0.446. The Labute approximate surface area is 169 Å². The topological polar surface area (TPSA) is 84.7 Å². The number of benzene rings is 2. The molecular formula is C19H16ClN3O4S. The van der Waals surface area contributed by atoms with Crippen molar-refractivity contribution in [3.63, 3.8) is 0 Å². The van der Waals surface area contributed by atoms with Gasteiger partial charge in [-0.3, -0.25) is 14.9 Å². The van der Waals surface area contributed by atoms with E-state index in [1.54, 1.807) is 6.07 Å². The number of carbonyl (C=O) groups is 1. The van der Waals surface area contributed by atoms with Gasteiger partial charge in [0, 0.05) is 35.3 Å². The Balaban J connectivity index is 1.68. The molecule has 2 heterocycles. The van der Waals surface area contributed by atoms with E-state index >= 15 is 0 Å². The van der Waals surface area contributed by atoms with Crippen LogP contribution in [0.2, 0.25) is 5.02 Å². The number of nitrogens with one attached hydrogen (secondary N) is 1. The van der Waals surface area contributed by atoms with E-state index in [1.165, 1.54) is 23.5 Å². The zero-order valence-corrected chi connectivity index (χ0v) is 16.3. The van der Waals surface area contributed by atoms with Crippen molar-refractivity contribution in [2.45, 2.75) is 0 Å². The van der Waals surface area contributed by atoms with Crippen LogP contribution in [0, 0.1) is 10.1 Å². The van der Waals surface area contributed by atoms with Crippen molar-refractivity contribution in [2.24, 2.45) is 0 Å². The van der Waals surface area contributed by atoms with Crippen molar-refractivity contribution in [3.05, 3.63) is 62.5 Å². The zero-order chi connectivity index (χ0) is 19.7. The molecular weight excluding hydrogens is 402 g/mol. The maximum atomic E-state index is 12.9. The largest absolute Gasteiger partial charge is 0.378 e. The summed E-state index contributed by atoms with van der Waals surface area (Å²) in [5, 5.41) is 15.3. The molecule has 28 heavy (non-hydrogen) atoms. The molecule has 1 aliphatic rings. The van der Waals surface area contributed by atoms with Gasteiger partial charge in [-0.1, -0.05) is 29.8 Å². The molecule has 7 nitrogen and oxygen atoms in total. The van der Waals surface area contributed by atoms with Gasteiger partial charge in [0.1, 0.15) is 4.88 Å². The highest BCUT2D eigenvalue weighted by molar-refractivity contribution is 7.21. The van der Waals surface area contributed by atoms with Crippen LogP contribution in [-0.4, -0.2) is 37.1 Å². The Morgan fingerprint density at radius 2 is 1.96 bits per heavy atom. The standard InChI is InChI=1S/C19H16ClN3O4S/c20-17-13-3-1-2-4-16(13)28-18(17)19(24)21-14-6-5-12(23(25)26)11-15(14)22-7-9-27-10-8-22/h1-6,11H,7-10H2,(H,21,24). The van der Waals surface area contributed by atoms with E-state index in [9.17, 15) is 14.9 Å². The van der Waals surface area contributed by atoms with Crippen molar-refractivity contribution in [1.82, 2.24) is 0 Å². The summed E-state index contributed by atoms with van der Waals surface area (Å²) in [6.45, 7) is 2.23. The summed E-state index contributed by atoms with van der Waals surface area (Å²) >= 11 is 7.72. The second-order valence-corrected chi connectivity index (χ2v) is 7.68. The highest BCUT2D eigenvalue weighted by Crippen LogP contribution is 2.37. The number of nitro groups is 1. The highest BCUT2D eigenvalue weighted by Gasteiger charge is 2.22. The number of halogens is 1. The molecule has 2 aromatic carbocycles. The predicted molar refractivity (Wildman–Crippen MR) is 111 cm³/mol. The molecule has 1 aliphatic heterocycles. The van der Waals surface area contributed by atoms with E-state index in [0.717, 1.165) is 10.1 Å². The Hall–Kier alpha value is -2.68. The first kappa shape index (κ1) is 18.7. The molecule has 4 rings (SSSR count). The average molecular weight is 418 g/mol. The van der Waals surface area contributed by atoms with Crippen molar-refractivity contribution in [1.29, 1.82) is 0 Å². The number of nitrogens with zero attached hydrogens (tertiary/aromatic N) is 2. The van der Waals surface area contributed by atoms with Gasteiger partial charge in [-0.05, 0) is 12.1 Å². The highest BCUT2D eigenvalue weighted by atomic mass is 35.5. The summed E-state index contributed by atoms with van der Waals surface area (Å²) in [5.41, 5.74) is 1.08. The number of thiophene rings is 1. The van der Waals surface area contributed by atoms with Crippen LogP contribution in [0.3, 0.4) is 0 Å². The molecule has 3 aromatic rings. The van der Waals surface area contributed by atoms with E-state index in [4.69, 9.17) is 16.3 Å². The average Bonchev–Trinajstić information content (AvgIpc) is 3.06. The fourth-order valence-corrected chi connectivity index (χ4v) is 4.56. The zero-order valence-electron chi connectivity index (χ0n) is 14.7. The molecule has 0 unspecified atom stereocenters. The number of hydrogen-bond donors (Lipinski definition) is 1. The van der Waals surface area contributed by atoms with Crippen molar-refractivity contribution in [3.8, 4) is 0 Å². The lowest BCUT2D eigenvalue weighted by Crippen LogP contribution is -2.36. The van der Waals surface area contributed by atoms with Gasteiger partial charge in [0.2, 0.25) is 0 Å². The van der Waals surface area contributed by atoms with Gasteiger partial charge in [-0.15, -0.1) is 11.3 Å². The molecule has 1 aromatic heterocycles. The van der Waals surface area contributed by atoms with Crippen LogP contribution in [0.1, 0.15) is 9.67 Å². The number of rotatable bonds is 4. The number of anilines is 2. The monoisotopic (exact) mass is 417 g/mol. The lowest BCUT2D eigenvalue weighted by Gasteiger charge is -2.30. The van der Waals surface area contributed by atoms with Gasteiger partial charge in [-0.25, -0.2) is 0 Å². The fraction of sp³-hybridized carbons (Fsp3) is 0.211. The molecule has 1 N–H and O–H groups in total. The minimum absolute atomic E-state index is 0.0283. The molecule has 1 fully saturated rings. The quantitative estimate of drug-likeness (QED) is 0.497. The van der Waals surface area contributed by atoms with E-state index in [0.29, 0.717) is 47.6 Å². The predicted octanol–water partition coefficient (Wildman–Crippen LogP) is 4.55. The minimum Gasteiger partial charge on any atom is -0.378 e. The second kappa shape index (κ2) is 7.75. The number of morpholine rings is 1. The van der Waals surface area contributed by atoms with Crippen LogP contribution < -0.4 is 10.2 Å². The van der Waals surface area contributed by atoms with Crippen LogP contribution in [0.4, 0.5) is 17.1 Å². The molecule has 0 bridgehead atoms. The Bertz CT molecular complexity index is 1060. The molecule has 0 spiro atoms. The smallest absolute Gasteiger partial charge is 0.271 e. The number of nitro benzene ring substituents is 1. The SMILES string of the molecule is O=C(Nc1ccc([N+](=O)[O-])cc1N1CCOCC1)c1sc2ccccc2c1Cl. The van der Waals surface area contributed by atoms with E-state index in [1.807, 2.05) is 29.2 Å². The maximum Gasteiger partial charge on any atom is 0.271 e. The molecule has 0 aliphatic carbocycles. The number of carbonyl (C=O) groups excluding carboxylic acids is 1. The van der Waals surface area contributed by atoms with Gasteiger partial charge in [0.05, 0.1) is 34.5 Å². The molecule has 1 saturated heterocycles. The van der Waals surface area contributed by atoms with Gasteiger partial charge in [-0.2, -0.15) is 0 Å². The lowest BCUT2D eigenvalue weighted by molar-refractivity contribution is -0.384. The summed E-state index contributed by atoms with van der Waals surface area (Å²) in [6.07, 6.45) is 0. The van der Waals surface area contributed by atoms with Crippen LogP contribution in [0.25, 0.3) is 10.1 Å². The fourth-order valence-electron chi connectivity index (χ4n) is 3.14. The number of hydrogen-bond acceptors (Lipinski definition) is 6.